The summed E-state index contributed by atoms with van der Waals surface area (Å²) in [4.78, 5) is 12.9. The number of halogens is 2. The van der Waals surface area contributed by atoms with Crippen molar-refractivity contribution < 1.29 is 47.5 Å². The van der Waals surface area contributed by atoms with Crippen LogP contribution in [0.2, 0.25) is 5.02 Å². The third-order valence-electron chi connectivity index (χ3n) is 5.81. The fourth-order valence-electron chi connectivity index (χ4n) is 4.14. The Morgan fingerprint density at radius 2 is 2.00 bits per heavy atom. The van der Waals surface area contributed by atoms with Gasteiger partial charge in [-0.2, -0.15) is 0 Å². The molecule has 2 aromatic rings. The lowest BCUT2D eigenvalue weighted by atomic mass is 9.86. The third-order valence-corrected chi connectivity index (χ3v) is 6.06. The Bertz CT molecular complexity index is 972. The number of carbonyl (C=O) groups is 1. The normalized spacial score (nSPS) is 18.6. The SMILES string of the molecule is COc1c2c(cc3c1C(CC(=O)/C=C/c1ccc(Cl)cc1)[N+](C)(C)CC3)OCO2.[I-]. The van der Waals surface area contributed by atoms with Gasteiger partial charge in [0.2, 0.25) is 12.5 Å². The zero-order valence-electron chi connectivity index (χ0n) is 17.3. The fraction of sp³-hybridized carbons (Fsp3) is 0.348. The number of nitrogens with zero attached hydrogens (tertiary/aromatic N) is 1. The van der Waals surface area contributed by atoms with Crippen molar-refractivity contribution in [3.63, 3.8) is 0 Å². The van der Waals surface area contributed by atoms with Crippen molar-refractivity contribution >= 4 is 23.5 Å². The van der Waals surface area contributed by atoms with Gasteiger partial charge in [0.1, 0.15) is 6.04 Å². The minimum atomic E-state index is -0.0226. The number of hydrogen-bond donors (Lipinski definition) is 0. The molecule has 0 radical (unpaired) electrons. The molecule has 0 saturated carbocycles. The highest BCUT2D eigenvalue weighted by atomic mass is 127. The van der Waals surface area contributed by atoms with E-state index in [2.05, 4.69) is 14.1 Å². The molecule has 0 N–H and O–H groups in total. The lowest BCUT2D eigenvalue weighted by Crippen LogP contribution is -3.00. The summed E-state index contributed by atoms with van der Waals surface area (Å²) in [5.74, 6) is 2.13. The van der Waals surface area contributed by atoms with Crippen molar-refractivity contribution in [3.05, 3.63) is 58.1 Å². The van der Waals surface area contributed by atoms with Crippen LogP contribution < -0.4 is 38.2 Å². The summed E-state index contributed by atoms with van der Waals surface area (Å²) in [5.41, 5.74) is 3.17. The van der Waals surface area contributed by atoms with E-state index < -0.39 is 0 Å². The number of carbonyl (C=O) groups excluding carboxylic acids is 1. The van der Waals surface area contributed by atoms with E-state index >= 15 is 0 Å². The summed E-state index contributed by atoms with van der Waals surface area (Å²) in [5, 5.41) is 0.678. The highest BCUT2D eigenvalue weighted by Crippen LogP contribution is 2.51. The molecule has 0 bridgehead atoms. The van der Waals surface area contributed by atoms with Gasteiger partial charge in [-0.1, -0.05) is 29.8 Å². The Kier molecular flexibility index (Phi) is 6.99. The minimum absolute atomic E-state index is 0. The largest absolute Gasteiger partial charge is 1.00 e. The Labute approximate surface area is 199 Å². The third kappa shape index (κ3) is 4.45. The lowest BCUT2D eigenvalue weighted by Gasteiger charge is -2.43. The number of ether oxygens (including phenoxy) is 3. The van der Waals surface area contributed by atoms with Crippen LogP contribution in [0.25, 0.3) is 6.08 Å². The average Bonchev–Trinajstić information content (AvgIpc) is 3.16. The number of likely N-dealkylation sites (N-methyl/N-ethyl adjacent to an activating group) is 1. The second-order valence-corrected chi connectivity index (χ2v) is 8.48. The van der Waals surface area contributed by atoms with E-state index in [4.69, 9.17) is 25.8 Å². The summed E-state index contributed by atoms with van der Waals surface area (Å²) >= 11 is 5.93. The summed E-state index contributed by atoms with van der Waals surface area (Å²) < 4.78 is 17.7. The van der Waals surface area contributed by atoms with Crippen LogP contribution in [0.15, 0.2) is 36.4 Å². The molecule has 30 heavy (non-hydrogen) atoms. The highest BCUT2D eigenvalue weighted by molar-refractivity contribution is 6.30. The molecule has 7 heteroatoms. The highest BCUT2D eigenvalue weighted by Gasteiger charge is 2.41. The van der Waals surface area contributed by atoms with Crippen molar-refractivity contribution in [2.24, 2.45) is 0 Å². The molecular formula is C23H25ClINO4. The van der Waals surface area contributed by atoms with Crippen LogP contribution in [0.5, 0.6) is 17.2 Å². The maximum atomic E-state index is 12.9. The topological polar surface area (TPSA) is 44.8 Å². The first-order chi connectivity index (χ1) is 13.9. The molecule has 0 amide bonds. The van der Waals surface area contributed by atoms with Gasteiger partial charge in [-0.25, -0.2) is 0 Å². The minimum Gasteiger partial charge on any atom is -1.00 e. The van der Waals surface area contributed by atoms with Crippen LogP contribution in [0, 0.1) is 0 Å². The summed E-state index contributed by atoms with van der Waals surface area (Å²) in [6.07, 6.45) is 4.77. The maximum absolute atomic E-state index is 12.9. The van der Waals surface area contributed by atoms with Gasteiger partial charge in [-0.05, 0) is 35.4 Å². The molecule has 0 aliphatic carbocycles. The Balaban J connectivity index is 0.00000256. The molecule has 2 aromatic carbocycles. The summed E-state index contributed by atoms with van der Waals surface area (Å²) in [6, 6.07) is 9.44. The van der Waals surface area contributed by atoms with Crippen LogP contribution in [0.1, 0.15) is 29.2 Å². The number of methoxy groups -OCH3 is 1. The van der Waals surface area contributed by atoms with E-state index in [-0.39, 0.29) is 42.6 Å². The molecule has 0 fully saturated rings. The molecule has 2 aliphatic rings. The number of fused-ring (bicyclic) bond motifs is 2. The van der Waals surface area contributed by atoms with Crippen LogP contribution in [0.4, 0.5) is 0 Å². The first-order valence-electron chi connectivity index (χ1n) is 9.67. The first-order valence-corrected chi connectivity index (χ1v) is 10.1. The quantitative estimate of drug-likeness (QED) is 0.327. The van der Waals surface area contributed by atoms with E-state index in [1.54, 1.807) is 13.2 Å². The molecule has 1 unspecified atom stereocenters. The van der Waals surface area contributed by atoms with Gasteiger partial charge in [-0.15, -0.1) is 0 Å². The first kappa shape index (κ1) is 22.9. The molecular weight excluding hydrogens is 517 g/mol. The van der Waals surface area contributed by atoms with Gasteiger partial charge in [0.05, 0.1) is 39.7 Å². The Morgan fingerprint density at radius 3 is 2.70 bits per heavy atom. The molecule has 0 spiro atoms. The molecule has 4 rings (SSSR count). The van der Waals surface area contributed by atoms with Crippen molar-refractivity contribution in [1.82, 2.24) is 0 Å². The second-order valence-electron chi connectivity index (χ2n) is 8.04. The fourth-order valence-corrected chi connectivity index (χ4v) is 4.26. The van der Waals surface area contributed by atoms with Crippen molar-refractivity contribution in [3.8, 4) is 17.2 Å². The van der Waals surface area contributed by atoms with Gasteiger partial charge in [0, 0.05) is 11.4 Å². The van der Waals surface area contributed by atoms with E-state index in [1.165, 1.54) is 5.56 Å². The average molecular weight is 542 g/mol. The van der Waals surface area contributed by atoms with E-state index in [0.717, 1.165) is 29.8 Å². The van der Waals surface area contributed by atoms with Crippen molar-refractivity contribution in [1.29, 1.82) is 0 Å². The number of ketones is 1. The molecule has 0 saturated heterocycles. The number of allylic oxidation sites excluding steroid dienone is 1. The van der Waals surface area contributed by atoms with Gasteiger partial charge in [-0.3, -0.25) is 4.79 Å². The van der Waals surface area contributed by atoms with Gasteiger partial charge in [0.15, 0.2) is 17.3 Å². The maximum Gasteiger partial charge on any atom is 0.231 e. The van der Waals surface area contributed by atoms with Crippen LogP contribution in [-0.2, 0) is 11.2 Å². The summed E-state index contributed by atoms with van der Waals surface area (Å²) in [7, 11) is 5.97. The molecule has 160 valence electrons. The number of quaternary nitrogens is 1. The summed E-state index contributed by atoms with van der Waals surface area (Å²) in [6.45, 7) is 1.13. The predicted octanol–water partition coefficient (Wildman–Crippen LogP) is 1.43. The van der Waals surface area contributed by atoms with Gasteiger partial charge < -0.3 is 42.7 Å². The number of benzene rings is 2. The molecule has 5 nitrogen and oxygen atoms in total. The van der Waals surface area contributed by atoms with Crippen LogP contribution >= 0.6 is 11.6 Å². The van der Waals surface area contributed by atoms with Gasteiger partial charge in [0.25, 0.3) is 0 Å². The number of hydrogen-bond acceptors (Lipinski definition) is 4. The molecule has 1 atom stereocenters. The van der Waals surface area contributed by atoms with Crippen molar-refractivity contribution in [2.75, 3.05) is 34.5 Å². The van der Waals surface area contributed by atoms with Gasteiger partial charge >= 0.3 is 0 Å². The Morgan fingerprint density at radius 1 is 1.27 bits per heavy atom. The monoisotopic (exact) mass is 541 g/mol. The zero-order valence-corrected chi connectivity index (χ0v) is 20.2. The van der Waals surface area contributed by atoms with E-state index in [0.29, 0.717) is 27.4 Å². The van der Waals surface area contributed by atoms with Crippen LogP contribution in [0.3, 0.4) is 0 Å². The van der Waals surface area contributed by atoms with Crippen LogP contribution in [-0.4, -0.2) is 44.8 Å². The van der Waals surface area contributed by atoms with E-state index in [9.17, 15) is 4.79 Å². The molecule has 2 heterocycles. The van der Waals surface area contributed by atoms with Crippen molar-refractivity contribution in [2.45, 2.75) is 18.9 Å². The smallest absolute Gasteiger partial charge is 0.231 e. The van der Waals surface area contributed by atoms with E-state index in [1.807, 2.05) is 36.4 Å². The molecule has 0 aromatic heterocycles. The Hall–Kier alpha value is -1.77. The number of rotatable bonds is 5. The predicted molar refractivity (Wildman–Crippen MR) is 113 cm³/mol. The zero-order chi connectivity index (χ0) is 20.6. The second kappa shape index (κ2) is 9.16. The standard InChI is InChI=1S/C23H25ClNO4.HI/c1-25(2)11-10-16-12-20-22(29-14-28-20)23(27-3)21(16)19(25)13-18(26)9-6-15-4-7-17(24)8-5-15;/h4-9,12,19H,10-11,13-14H2,1-3H3;1H/q+1;/p-1/b9-6+;. The molecule has 2 aliphatic heterocycles. The lowest BCUT2D eigenvalue weighted by molar-refractivity contribution is -0.922.